The molecule has 0 bridgehead atoms. The molecule has 0 radical (unpaired) electrons. The summed E-state index contributed by atoms with van der Waals surface area (Å²) in [6, 6.07) is 9.83. The Morgan fingerprint density at radius 2 is 2.12 bits per heavy atom. The van der Waals surface area contributed by atoms with Gasteiger partial charge in [0.25, 0.3) is 0 Å². The Labute approximate surface area is 118 Å². The van der Waals surface area contributed by atoms with E-state index < -0.39 is 0 Å². The number of aryl methyl sites for hydroxylation is 1. The molecular formula is C12H12BrClN2S. The Balaban J connectivity index is 2.45. The molecular weight excluding hydrogens is 320 g/mol. The van der Waals surface area contributed by atoms with E-state index in [0.29, 0.717) is 5.02 Å². The lowest BCUT2D eigenvalue weighted by Crippen LogP contribution is -2.28. The smallest absolute Gasteiger partial charge is 0.0814 e. The molecule has 1 aromatic heterocycles. The number of nitrogens with one attached hydrogen (secondary N) is 1. The van der Waals surface area contributed by atoms with Gasteiger partial charge in [0.1, 0.15) is 0 Å². The van der Waals surface area contributed by atoms with E-state index in [9.17, 15) is 0 Å². The second kappa shape index (κ2) is 5.50. The van der Waals surface area contributed by atoms with Gasteiger partial charge in [0.15, 0.2) is 0 Å². The molecule has 1 aromatic carbocycles. The summed E-state index contributed by atoms with van der Waals surface area (Å²) in [5.41, 5.74) is 3.88. The quantitative estimate of drug-likeness (QED) is 0.658. The Morgan fingerprint density at radius 1 is 1.35 bits per heavy atom. The molecule has 0 aliphatic heterocycles. The van der Waals surface area contributed by atoms with Crippen molar-refractivity contribution in [1.29, 1.82) is 0 Å². The topological polar surface area (TPSA) is 38.0 Å². The van der Waals surface area contributed by atoms with Crippen molar-refractivity contribution in [2.75, 3.05) is 0 Å². The molecule has 0 aliphatic carbocycles. The zero-order valence-electron chi connectivity index (χ0n) is 9.21. The third-order valence-corrected chi connectivity index (χ3v) is 4.50. The summed E-state index contributed by atoms with van der Waals surface area (Å²) in [5, 5.41) is 0.705. The van der Waals surface area contributed by atoms with Gasteiger partial charge in [-0.2, -0.15) is 0 Å². The van der Waals surface area contributed by atoms with Crippen LogP contribution in [-0.2, 0) is 0 Å². The van der Waals surface area contributed by atoms with Gasteiger partial charge in [-0.3, -0.25) is 5.84 Å². The van der Waals surface area contributed by atoms with Crippen molar-refractivity contribution in [2.45, 2.75) is 13.0 Å². The standard InChI is InChI=1S/C12H12BrClN2S/c1-7-2-5-11(17-7)12(16-15)9-6-8(14)3-4-10(9)13/h2-6,12,16H,15H2,1H3. The molecule has 17 heavy (non-hydrogen) atoms. The lowest BCUT2D eigenvalue weighted by atomic mass is 10.1. The van der Waals surface area contributed by atoms with Crippen LogP contribution in [0.15, 0.2) is 34.8 Å². The van der Waals surface area contributed by atoms with Crippen LogP contribution < -0.4 is 11.3 Å². The molecule has 1 atom stereocenters. The van der Waals surface area contributed by atoms with Crippen LogP contribution in [0.25, 0.3) is 0 Å². The summed E-state index contributed by atoms with van der Waals surface area (Å²) < 4.78 is 0.996. The SMILES string of the molecule is Cc1ccc(C(NN)c2cc(Cl)ccc2Br)s1. The first-order valence-corrected chi connectivity index (χ1v) is 7.08. The fourth-order valence-electron chi connectivity index (χ4n) is 1.67. The largest absolute Gasteiger partial charge is 0.271 e. The van der Waals surface area contributed by atoms with Crippen LogP contribution in [0.3, 0.4) is 0 Å². The highest BCUT2D eigenvalue weighted by Gasteiger charge is 2.17. The second-order valence-electron chi connectivity index (χ2n) is 3.71. The van der Waals surface area contributed by atoms with Gasteiger partial charge < -0.3 is 0 Å². The van der Waals surface area contributed by atoms with E-state index in [1.54, 1.807) is 11.3 Å². The summed E-state index contributed by atoms with van der Waals surface area (Å²) in [5.74, 6) is 5.66. The summed E-state index contributed by atoms with van der Waals surface area (Å²) in [6.45, 7) is 2.08. The molecule has 0 saturated carbocycles. The molecule has 2 nitrogen and oxygen atoms in total. The van der Waals surface area contributed by atoms with Gasteiger partial charge in [-0.05, 0) is 42.8 Å². The van der Waals surface area contributed by atoms with Crippen LogP contribution in [-0.4, -0.2) is 0 Å². The fraction of sp³-hybridized carbons (Fsp3) is 0.167. The van der Waals surface area contributed by atoms with Crippen LogP contribution in [0.4, 0.5) is 0 Å². The van der Waals surface area contributed by atoms with Crippen molar-refractivity contribution in [3.8, 4) is 0 Å². The summed E-state index contributed by atoms with van der Waals surface area (Å²) in [4.78, 5) is 2.44. The van der Waals surface area contributed by atoms with E-state index in [1.165, 1.54) is 9.75 Å². The van der Waals surface area contributed by atoms with Gasteiger partial charge >= 0.3 is 0 Å². The van der Waals surface area contributed by atoms with Crippen LogP contribution in [0.1, 0.15) is 21.4 Å². The Kier molecular flexibility index (Phi) is 4.22. The average Bonchev–Trinajstić information content (AvgIpc) is 2.71. The molecule has 0 saturated heterocycles. The summed E-state index contributed by atoms with van der Waals surface area (Å²) in [6.07, 6.45) is 0. The van der Waals surface area contributed by atoms with Crippen LogP contribution in [0.5, 0.6) is 0 Å². The minimum Gasteiger partial charge on any atom is -0.271 e. The van der Waals surface area contributed by atoms with Crippen molar-refractivity contribution in [3.05, 3.63) is 55.1 Å². The number of hydrazine groups is 1. The zero-order valence-corrected chi connectivity index (χ0v) is 12.4. The Bertz CT molecular complexity index is 527. The van der Waals surface area contributed by atoms with E-state index in [4.69, 9.17) is 17.4 Å². The molecule has 5 heteroatoms. The maximum Gasteiger partial charge on any atom is 0.0814 e. The first-order valence-electron chi connectivity index (χ1n) is 5.09. The number of benzene rings is 1. The fourth-order valence-corrected chi connectivity index (χ4v) is 3.28. The van der Waals surface area contributed by atoms with E-state index >= 15 is 0 Å². The zero-order chi connectivity index (χ0) is 12.4. The molecule has 90 valence electrons. The number of thiophene rings is 1. The maximum absolute atomic E-state index is 6.02. The predicted molar refractivity (Wildman–Crippen MR) is 77.4 cm³/mol. The van der Waals surface area contributed by atoms with Crippen molar-refractivity contribution >= 4 is 38.9 Å². The number of hydrogen-bond donors (Lipinski definition) is 2. The van der Waals surface area contributed by atoms with E-state index in [1.807, 2.05) is 18.2 Å². The normalized spacial score (nSPS) is 12.7. The lowest BCUT2D eigenvalue weighted by Gasteiger charge is -2.16. The van der Waals surface area contributed by atoms with Crippen molar-refractivity contribution < 1.29 is 0 Å². The minimum absolute atomic E-state index is 0.0400. The Morgan fingerprint density at radius 3 is 2.71 bits per heavy atom. The molecule has 1 unspecified atom stereocenters. The highest BCUT2D eigenvalue weighted by atomic mass is 79.9. The highest BCUT2D eigenvalue weighted by Crippen LogP contribution is 2.33. The molecule has 0 amide bonds. The summed E-state index contributed by atoms with van der Waals surface area (Å²) in [7, 11) is 0. The van der Waals surface area contributed by atoms with Crippen LogP contribution >= 0.6 is 38.9 Å². The predicted octanol–water partition coefficient (Wildman–Crippen LogP) is 4.03. The Hall–Kier alpha value is -0.390. The van der Waals surface area contributed by atoms with Gasteiger partial charge in [-0.15, -0.1) is 11.3 Å². The highest BCUT2D eigenvalue weighted by molar-refractivity contribution is 9.10. The number of nitrogens with two attached hydrogens (primary N) is 1. The molecule has 0 aliphatic rings. The third kappa shape index (κ3) is 2.89. The van der Waals surface area contributed by atoms with E-state index in [-0.39, 0.29) is 6.04 Å². The lowest BCUT2D eigenvalue weighted by molar-refractivity contribution is 0.644. The van der Waals surface area contributed by atoms with Gasteiger partial charge in [0.05, 0.1) is 6.04 Å². The van der Waals surface area contributed by atoms with Gasteiger partial charge in [-0.1, -0.05) is 27.5 Å². The number of halogens is 2. The van der Waals surface area contributed by atoms with Crippen LogP contribution in [0, 0.1) is 6.92 Å². The molecule has 1 heterocycles. The first-order chi connectivity index (χ1) is 8.11. The number of hydrogen-bond acceptors (Lipinski definition) is 3. The molecule has 3 N–H and O–H groups in total. The number of rotatable bonds is 3. The van der Waals surface area contributed by atoms with Crippen molar-refractivity contribution in [1.82, 2.24) is 5.43 Å². The maximum atomic E-state index is 6.02. The van der Waals surface area contributed by atoms with E-state index in [2.05, 4.69) is 40.4 Å². The summed E-state index contributed by atoms with van der Waals surface area (Å²) >= 11 is 11.3. The third-order valence-electron chi connectivity index (χ3n) is 2.48. The molecule has 0 fully saturated rings. The average molecular weight is 332 g/mol. The van der Waals surface area contributed by atoms with Gasteiger partial charge in [-0.25, -0.2) is 5.43 Å². The van der Waals surface area contributed by atoms with Gasteiger partial charge in [0, 0.05) is 19.2 Å². The molecule has 0 spiro atoms. The first kappa shape index (κ1) is 13.1. The van der Waals surface area contributed by atoms with Crippen molar-refractivity contribution in [3.63, 3.8) is 0 Å². The molecule has 2 rings (SSSR count). The monoisotopic (exact) mass is 330 g/mol. The van der Waals surface area contributed by atoms with Gasteiger partial charge in [0.2, 0.25) is 0 Å². The van der Waals surface area contributed by atoms with Crippen LogP contribution in [0.2, 0.25) is 5.02 Å². The minimum atomic E-state index is -0.0400. The second-order valence-corrected chi connectivity index (χ2v) is 6.32. The molecule has 2 aromatic rings. The van der Waals surface area contributed by atoms with E-state index in [0.717, 1.165) is 10.0 Å². The van der Waals surface area contributed by atoms with Crippen molar-refractivity contribution in [2.24, 2.45) is 5.84 Å².